The normalized spacial score (nSPS) is 11.9. The van der Waals surface area contributed by atoms with Gasteiger partial charge in [0.1, 0.15) is 5.15 Å². The van der Waals surface area contributed by atoms with E-state index < -0.39 is 5.97 Å². The first kappa shape index (κ1) is 16.7. The van der Waals surface area contributed by atoms with E-state index in [9.17, 15) is 9.59 Å². The average Bonchev–Trinajstić information content (AvgIpc) is 2.39. The van der Waals surface area contributed by atoms with E-state index >= 15 is 0 Å². The zero-order valence-electron chi connectivity index (χ0n) is 11.0. The number of aromatic nitrogens is 1. The Bertz CT molecular complexity index is 495. The Hall–Kier alpha value is -1.33. The fourth-order valence-corrected chi connectivity index (χ4v) is 1.86. The lowest BCUT2D eigenvalue weighted by Gasteiger charge is -2.10. The van der Waals surface area contributed by atoms with Crippen LogP contribution < -0.4 is 5.32 Å². The molecule has 1 aromatic heterocycles. The summed E-state index contributed by atoms with van der Waals surface area (Å²) in [5, 5.41) is 11.7. The number of pyridine rings is 1. The molecule has 5 nitrogen and oxygen atoms in total. The minimum absolute atomic E-state index is 0.145. The van der Waals surface area contributed by atoms with Crippen LogP contribution in [0.2, 0.25) is 10.2 Å². The highest BCUT2D eigenvalue weighted by Crippen LogP contribution is 2.19. The Morgan fingerprint density at radius 3 is 2.70 bits per heavy atom. The van der Waals surface area contributed by atoms with E-state index in [1.807, 2.05) is 6.92 Å². The van der Waals surface area contributed by atoms with Crippen molar-refractivity contribution in [2.24, 2.45) is 5.92 Å². The Morgan fingerprint density at radius 2 is 2.10 bits per heavy atom. The Balaban J connectivity index is 2.36. The SMILES string of the molecule is CC(CCNC(=O)c1cnc(Cl)c(Cl)c1)CCC(=O)O. The Labute approximate surface area is 127 Å². The van der Waals surface area contributed by atoms with Crippen LogP contribution in [0.3, 0.4) is 0 Å². The van der Waals surface area contributed by atoms with Crippen molar-refractivity contribution in [3.8, 4) is 0 Å². The number of aliphatic carboxylic acids is 1. The third-order valence-corrected chi connectivity index (χ3v) is 3.52. The van der Waals surface area contributed by atoms with E-state index in [0.29, 0.717) is 24.9 Å². The molecule has 110 valence electrons. The van der Waals surface area contributed by atoms with E-state index in [2.05, 4.69) is 10.3 Å². The van der Waals surface area contributed by atoms with E-state index in [4.69, 9.17) is 28.3 Å². The van der Waals surface area contributed by atoms with E-state index in [0.717, 1.165) is 0 Å². The van der Waals surface area contributed by atoms with Gasteiger partial charge in [0.05, 0.1) is 10.6 Å². The molecular weight excluding hydrogens is 303 g/mol. The van der Waals surface area contributed by atoms with Gasteiger partial charge in [0.15, 0.2) is 0 Å². The minimum Gasteiger partial charge on any atom is -0.481 e. The second kappa shape index (κ2) is 8.07. The fourth-order valence-electron chi connectivity index (χ4n) is 1.59. The van der Waals surface area contributed by atoms with E-state index in [1.54, 1.807) is 0 Å². The highest BCUT2D eigenvalue weighted by molar-refractivity contribution is 6.41. The second-order valence-corrected chi connectivity index (χ2v) is 5.34. The number of carbonyl (C=O) groups excluding carboxylic acids is 1. The molecule has 0 spiro atoms. The molecule has 1 rings (SSSR count). The molecule has 0 fully saturated rings. The smallest absolute Gasteiger partial charge is 0.303 e. The van der Waals surface area contributed by atoms with Crippen molar-refractivity contribution in [3.05, 3.63) is 28.0 Å². The molecule has 0 aliphatic heterocycles. The predicted molar refractivity (Wildman–Crippen MR) is 77.2 cm³/mol. The van der Waals surface area contributed by atoms with Crippen molar-refractivity contribution in [1.82, 2.24) is 10.3 Å². The van der Waals surface area contributed by atoms with Crippen LogP contribution in [0.4, 0.5) is 0 Å². The molecule has 1 atom stereocenters. The van der Waals surface area contributed by atoms with E-state index in [-0.39, 0.29) is 28.4 Å². The molecule has 1 amide bonds. The van der Waals surface area contributed by atoms with Crippen LogP contribution >= 0.6 is 23.2 Å². The van der Waals surface area contributed by atoms with Gasteiger partial charge in [0.25, 0.3) is 5.91 Å². The molecule has 0 aromatic carbocycles. The fraction of sp³-hybridized carbons (Fsp3) is 0.462. The van der Waals surface area contributed by atoms with Gasteiger partial charge in [0, 0.05) is 19.2 Å². The standard InChI is InChI=1S/C13H16Cl2N2O3/c1-8(2-3-11(18)19)4-5-16-13(20)9-6-10(14)12(15)17-7-9/h6-8H,2-5H2,1H3,(H,16,20)(H,18,19). The molecular formula is C13H16Cl2N2O3. The number of nitrogens with one attached hydrogen (secondary N) is 1. The monoisotopic (exact) mass is 318 g/mol. The number of carboxylic acid groups (broad SMARTS) is 1. The van der Waals surface area contributed by atoms with Crippen molar-refractivity contribution >= 4 is 35.1 Å². The molecule has 1 heterocycles. The topological polar surface area (TPSA) is 79.3 Å². The molecule has 2 N–H and O–H groups in total. The first-order valence-corrected chi connectivity index (χ1v) is 6.96. The van der Waals surface area contributed by atoms with Gasteiger partial charge in [-0.2, -0.15) is 0 Å². The summed E-state index contributed by atoms with van der Waals surface area (Å²) in [6.45, 7) is 2.43. The summed E-state index contributed by atoms with van der Waals surface area (Å²) in [5.74, 6) is -0.845. The zero-order valence-corrected chi connectivity index (χ0v) is 12.5. The Morgan fingerprint density at radius 1 is 1.40 bits per heavy atom. The van der Waals surface area contributed by atoms with E-state index in [1.165, 1.54) is 12.3 Å². The van der Waals surface area contributed by atoms with Gasteiger partial charge in [-0.25, -0.2) is 4.98 Å². The van der Waals surface area contributed by atoms with Gasteiger partial charge >= 0.3 is 5.97 Å². The first-order chi connectivity index (χ1) is 9.40. The lowest BCUT2D eigenvalue weighted by molar-refractivity contribution is -0.137. The van der Waals surface area contributed by atoms with Crippen molar-refractivity contribution < 1.29 is 14.7 Å². The molecule has 1 unspecified atom stereocenters. The largest absolute Gasteiger partial charge is 0.481 e. The van der Waals surface area contributed by atoms with Crippen molar-refractivity contribution in [2.45, 2.75) is 26.2 Å². The number of hydrogen-bond acceptors (Lipinski definition) is 3. The van der Waals surface area contributed by atoms with Gasteiger partial charge in [-0.05, 0) is 24.8 Å². The summed E-state index contributed by atoms with van der Waals surface area (Å²) in [6, 6.07) is 1.46. The average molecular weight is 319 g/mol. The van der Waals surface area contributed by atoms with Crippen molar-refractivity contribution in [2.75, 3.05) is 6.54 Å². The number of halogens is 2. The first-order valence-electron chi connectivity index (χ1n) is 6.21. The third-order valence-electron chi connectivity index (χ3n) is 2.83. The summed E-state index contributed by atoms with van der Waals surface area (Å²) >= 11 is 11.5. The maximum atomic E-state index is 11.8. The summed E-state index contributed by atoms with van der Waals surface area (Å²) in [7, 11) is 0. The van der Waals surface area contributed by atoms with Crippen LogP contribution in [0.1, 0.15) is 36.5 Å². The molecule has 0 radical (unpaired) electrons. The molecule has 1 aromatic rings. The molecule has 0 saturated carbocycles. The number of nitrogens with zero attached hydrogens (tertiary/aromatic N) is 1. The minimum atomic E-state index is -0.803. The van der Waals surface area contributed by atoms with Crippen LogP contribution in [-0.2, 0) is 4.79 Å². The van der Waals surface area contributed by atoms with Crippen LogP contribution in [0, 0.1) is 5.92 Å². The van der Waals surface area contributed by atoms with Crippen LogP contribution in [0.15, 0.2) is 12.3 Å². The summed E-state index contributed by atoms with van der Waals surface area (Å²) in [5.41, 5.74) is 0.345. The quantitative estimate of drug-likeness (QED) is 0.757. The van der Waals surface area contributed by atoms with Crippen molar-refractivity contribution in [1.29, 1.82) is 0 Å². The van der Waals surface area contributed by atoms with Crippen LogP contribution in [0.25, 0.3) is 0 Å². The summed E-state index contributed by atoms with van der Waals surface area (Å²) in [4.78, 5) is 26.0. The zero-order chi connectivity index (χ0) is 15.1. The second-order valence-electron chi connectivity index (χ2n) is 4.58. The lowest BCUT2D eigenvalue weighted by Crippen LogP contribution is -2.25. The van der Waals surface area contributed by atoms with Crippen molar-refractivity contribution in [3.63, 3.8) is 0 Å². The maximum Gasteiger partial charge on any atom is 0.303 e. The predicted octanol–water partition coefficient (Wildman–Crippen LogP) is 3.01. The highest BCUT2D eigenvalue weighted by Gasteiger charge is 2.10. The summed E-state index contributed by atoms with van der Waals surface area (Å²) in [6.07, 6.45) is 2.82. The lowest BCUT2D eigenvalue weighted by atomic mass is 10.0. The number of carboxylic acids is 1. The van der Waals surface area contributed by atoms with Gasteiger partial charge < -0.3 is 10.4 Å². The third kappa shape index (κ3) is 5.75. The van der Waals surface area contributed by atoms with Crippen LogP contribution in [-0.4, -0.2) is 28.5 Å². The number of hydrogen-bond donors (Lipinski definition) is 2. The molecule has 20 heavy (non-hydrogen) atoms. The molecule has 0 aliphatic carbocycles. The number of amides is 1. The highest BCUT2D eigenvalue weighted by atomic mass is 35.5. The Kier molecular flexibility index (Phi) is 6.75. The van der Waals surface area contributed by atoms with Crippen LogP contribution in [0.5, 0.6) is 0 Å². The molecule has 0 saturated heterocycles. The maximum absolute atomic E-state index is 11.8. The van der Waals surface area contributed by atoms with Gasteiger partial charge in [-0.1, -0.05) is 30.1 Å². The molecule has 0 aliphatic rings. The number of rotatable bonds is 7. The van der Waals surface area contributed by atoms with Gasteiger partial charge in [0.2, 0.25) is 0 Å². The van der Waals surface area contributed by atoms with Gasteiger partial charge in [-0.15, -0.1) is 0 Å². The summed E-state index contributed by atoms with van der Waals surface area (Å²) < 4.78 is 0. The molecule has 7 heteroatoms. The number of carbonyl (C=O) groups is 2. The van der Waals surface area contributed by atoms with Gasteiger partial charge in [-0.3, -0.25) is 9.59 Å². The molecule has 0 bridgehead atoms.